The Kier molecular flexibility index (Phi) is 3.95. The minimum Gasteiger partial charge on any atom is -0.435 e. The molecule has 0 unspecified atom stereocenters. The molecular formula is C17H15F2N3O3. The molecule has 0 spiro atoms. The molecule has 1 atom stereocenters. The second-order valence-corrected chi connectivity index (χ2v) is 6.10. The van der Waals surface area contributed by atoms with Crippen molar-refractivity contribution >= 4 is 0 Å². The smallest absolute Gasteiger partial charge is 0.387 e. The van der Waals surface area contributed by atoms with E-state index in [2.05, 4.69) is 27.0 Å². The van der Waals surface area contributed by atoms with Gasteiger partial charge in [-0.3, -0.25) is 0 Å². The third-order valence-corrected chi connectivity index (χ3v) is 4.24. The summed E-state index contributed by atoms with van der Waals surface area (Å²) < 4.78 is 39.8. The zero-order valence-electron chi connectivity index (χ0n) is 13.4. The minimum absolute atomic E-state index is 0.0676. The highest BCUT2D eigenvalue weighted by molar-refractivity contribution is 5.59. The Labute approximate surface area is 141 Å². The molecule has 0 saturated heterocycles. The Morgan fingerprint density at radius 2 is 1.92 bits per heavy atom. The lowest BCUT2D eigenvalue weighted by molar-refractivity contribution is -0.0498. The van der Waals surface area contributed by atoms with E-state index in [1.165, 1.54) is 12.1 Å². The molecule has 1 aliphatic rings. The maximum Gasteiger partial charge on any atom is 0.387 e. The van der Waals surface area contributed by atoms with Gasteiger partial charge in [0, 0.05) is 17.5 Å². The average molecular weight is 347 g/mol. The lowest BCUT2D eigenvalue weighted by atomic mass is 9.88. The first-order chi connectivity index (χ1) is 12.1. The van der Waals surface area contributed by atoms with Gasteiger partial charge in [0.05, 0.1) is 0 Å². The summed E-state index contributed by atoms with van der Waals surface area (Å²) in [6, 6.07) is 6.00. The largest absolute Gasteiger partial charge is 0.435 e. The predicted molar refractivity (Wildman–Crippen MR) is 83.1 cm³/mol. The number of hydrogen-bond donors (Lipinski definition) is 0. The number of aryl methyl sites for hydroxylation is 1. The Morgan fingerprint density at radius 3 is 2.68 bits per heavy atom. The molecule has 0 radical (unpaired) electrons. The van der Waals surface area contributed by atoms with Gasteiger partial charge in [-0.2, -0.15) is 8.78 Å². The molecule has 0 saturated carbocycles. The molecule has 25 heavy (non-hydrogen) atoms. The lowest BCUT2D eigenvalue weighted by Crippen LogP contribution is -2.09. The number of rotatable bonds is 4. The van der Waals surface area contributed by atoms with Gasteiger partial charge in [-0.05, 0) is 43.0 Å². The van der Waals surface area contributed by atoms with Gasteiger partial charge in [0.25, 0.3) is 5.89 Å². The number of fused-ring (bicyclic) bond motifs is 1. The highest BCUT2D eigenvalue weighted by atomic mass is 19.3. The molecule has 8 heteroatoms. The van der Waals surface area contributed by atoms with Crippen LogP contribution >= 0.6 is 0 Å². The van der Waals surface area contributed by atoms with Crippen molar-refractivity contribution in [2.75, 3.05) is 0 Å². The fourth-order valence-electron chi connectivity index (χ4n) is 2.96. The van der Waals surface area contributed by atoms with E-state index in [0.29, 0.717) is 23.1 Å². The first-order valence-electron chi connectivity index (χ1n) is 7.96. The van der Waals surface area contributed by atoms with E-state index in [-0.39, 0.29) is 11.6 Å². The van der Waals surface area contributed by atoms with Crippen LogP contribution in [0.15, 0.2) is 33.2 Å². The maximum atomic E-state index is 12.2. The Hall–Kier alpha value is -2.77. The monoisotopic (exact) mass is 347 g/mol. The van der Waals surface area contributed by atoms with E-state index in [1.54, 1.807) is 12.1 Å². The molecule has 2 aromatic heterocycles. The molecular weight excluding hydrogens is 332 g/mol. The number of nitrogens with zero attached hydrogens (tertiary/aromatic N) is 3. The van der Waals surface area contributed by atoms with Crippen LogP contribution in [0.5, 0.6) is 5.75 Å². The third kappa shape index (κ3) is 3.11. The van der Waals surface area contributed by atoms with E-state index in [0.717, 1.165) is 30.6 Å². The van der Waals surface area contributed by atoms with Crippen LogP contribution < -0.4 is 4.74 Å². The van der Waals surface area contributed by atoms with E-state index in [4.69, 9.17) is 8.94 Å². The SMILES string of the molecule is C[C@@H]1CCc2onc(-c3nnc(-c4ccc(OC(F)F)cc4)o3)c2C1. The summed E-state index contributed by atoms with van der Waals surface area (Å²) in [6.07, 6.45) is 2.80. The second-order valence-electron chi connectivity index (χ2n) is 6.10. The van der Waals surface area contributed by atoms with E-state index in [9.17, 15) is 8.78 Å². The van der Waals surface area contributed by atoms with Crippen molar-refractivity contribution in [3.8, 4) is 28.8 Å². The highest BCUT2D eigenvalue weighted by Crippen LogP contribution is 2.34. The van der Waals surface area contributed by atoms with Gasteiger partial charge in [0.15, 0.2) is 5.69 Å². The topological polar surface area (TPSA) is 74.2 Å². The Morgan fingerprint density at radius 1 is 1.16 bits per heavy atom. The van der Waals surface area contributed by atoms with Crippen molar-refractivity contribution in [1.29, 1.82) is 0 Å². The van der Waals surface area contributed by atoms with Crippen LogP contribution in [0.2, 0.25) is 0 Å². The molecule has 0 bridgehead atoms. The highest BCUT2D eigenvalue weighted by Gasteiger charge is 2.27. The van der Waals surface area contributed by atoms with Gasteiger partial charge in [-0.25, -0.2) is 0 Å². The number of benzene rings is 1. The summed E-state index contributed by atoms with van der Waals surface area (Å²) in [6.45, 7) is -0.677. The van der Waals surface area contributed by atoms with Crippen LogP contribution in [-0.2, 0) is 12.8 Å². The minimum atomic E-state index is -2.86. The molecule has 3 aromatic rings. The Balaban J connectivity index is 1.60. The number of hydrogen-bond acceptors (Lipinski definition) is 6. The number of ether oxygens (including phenoxy) is 1. The fourth-order valence-corrected chi connectivity index (χ4v) is 2.96. The van der Waals surface area contributed by atoms with E-state index < -0.39 is 6.61 Å². The summed E-state index contributed by atoms with van der Waals surface area (Å²) in [5.74, 6) is 2.07. The van der Waals surface area contributed by atoms with Gasteiger partial charge in [-0.1, -0.05) is 12.1 Å². The van der Waals surface area contributed by atoms with Crippen LogP contribution in [0.1, 0.15) is 24.7 Å². The molecule has 4 rings (SSSR count). The van der Waals surface area contributed by atoms with Gasteiger partial charge in [0.1, 0.15) is 11.5 Å². The Bertz CT molecular complexity index is 874. The van der Waals surface area contributed by atoms with E-state index >= 15 is 0 Å². The van der Waals surface area contributed by atoms with Crippen LogP contribution in [0.25, 0.3) is 23.0 Å². The number of halogens is 2. The van der Waals surface area contributed by atoms with Crippen LogP contribution in [-0.4, -0.2) is 22.0 Å². The van der Waals surface area contributed by atoms with Crippen molar-refractivity contribution < 1.29 is 22.5 Å². The van der Waals surface area contributed by atoms with Crippen molar-refractivity contribution in [3.63, 3.8) is 0 Å². The van der Waals surface area contributed by atoms with Crippen molar-refractivity contribution in [2.45, 2.75) is 32.8 Å². The molecule has 1 aromatic carbocycles. The van der Waals surface area contributed by atoms with Crippen LogP contribution in [0.4, 0.5) is 8.78 Å². The van der Waals surface area contributed by atoms with Crippen molar-refractivity contribution in [2.24, 2.45) is 5.92 Å². The average Bonchev–Trinajstić information content (AvgIpc) is 3.21. The zero-order valence-corrected chi connectivity index (χ0v) is 13.4. The number of aromatic nitrogens is 3. The summed E-state index contributed by atoms with van der Waals surface area (Å²) in [7, 11) is 0. The summed E-state index contributed by atoms with van der Waals surface area (Å²) in [5, 5.41) is 12.1. The standard InChI is InChI=1S/C17H15F2N3O3/c1-9-2-7-13-12(8-9)14(22-25-13)16-21-20-15(24-16)10-3-5-11(6-4-10)23-17(18)19/h3-6,9,17H,2,7-8H2,1H3/t9-/m1/s1. The lowest BCUT2D eigenvalue weighted by Gasteiger charge is -2.15. The summed E-state index contributed by atoms with van der Waals surface area (Å²) >= 11 is 0. The summed E-state index contributed by atoms with van der Waals surface area (Å²) in [5.41, 5.74) is 2.21. The maximum absolute atomic E-state index is 12.2. The quantitative estimate of drug-likeness (QED) is 0.707. The molecule has 0 amide bonds. The predicted octanol–water partition coefficient (Wildman–Crippen LogP) is 4.12. The fraction of sp³-hybridized carbons (Fsp3) is 0.353. The van der Waals surface area contributed by atoms with Crippen LogP contribution in [0, 0.1) is 5.92 Å². The second kappa shape index (κ2) is 6.27. The molecule has 130 valence electrons. The summed E-state index contributed by atoms with van der Waals surface area (Å²) in [4.78, 5) is 0. The first kappa shape index (κ1) is 15.7. The van der Waals surface area contributed by atoms with Crippen molar-refractivity contribution in [1.82, 2.24) is 15.4 Å². The molecule has 0 N–H and O–H groups in total. The number of alkyl halides is 2. The van der Waals surface area contributed by atoms with Gasteiger partial charge < -0.3 is 13.7 Å². The molecule has 2 heterocycles. The zero-order chi connectivity index (χ0) is 17.4. The molecule has 0 fully saturated rings. The molecule has 0 aliphatic heterocycles. The van der Waals surface area contributed by atoms with Gasteiger partial charge in [0.2, 0.25) is 5.89 Å². The first-order valence-corrected chi connectivity index (χ1v) is 7.96. The molecule has 1 aliphatic carbocycles. The van der Waals surface area contributed by atoms with Crippen LogP contribution in [0.3, 0.4) is 0 Å². The normalized spacial score (nSPS) is 16.9. The van der Waals surface area contributed by atoms with Gasteiger partial charge in [-0.15, -0.1) is 10.2 Å². The van der Waals surface area contributed by atoms with Crippen molar-refractivity contribution in [3.05, 3.63) is 35.6 Å². The van der Waals surface area contributed by atoms with Gasteiger partial charge >= 0.3 is 6.61 Å². The molecule has 6 nitrogen and oxygen atoms in total. The van der Waals surface area contributed by atoms with E-state index in [1.807, 2.05) is 0 Å². The third-order valence-electron chi connectivity index (χ3n) is 4.24.